The van der Waals surface area contributed by atoms with E-state index in [9.17, 15) is 8.42 Å². The highest BCUT2D eigenvalue weighted by molar-refractivity contribution is 7.89. The Morgan fingerprint density at radius 2 is 1.95 bits per heavy atom. The van der Waals surface area contributed by atoms with Gasteiger partial charge >= 0.3 is 0 Å². The topological polar surface area (TPSA) is 74.3 Å². The normalized spacial score (nSPS) is 12.0. The van der Waals surface area contributed by atoms with Gasteiger partial charge in [-0.1, -0.05) is 19.9 Å². The lowest BCUT2D eigenvalue weighted by Gasteiger charge is -2.17. The summed E-state index contributed by atoms with van der Waals surface area (Å²) in [5.74, 6) is 0. The van der Waals surface area contributed by atoms with Gasteiger partial charge < -0.3 is 10.2 Å². The molecular weight excluding hydrogens is 288 g/mol. The Balaban J connectivity index is 2.49. The van der Waals surface area contributed by atoms with Crippen molar-refractivity contribution >= 4 is 10.0 Å². The first-order chi connectivity index (χ1) is 10.0. The summed E-state index contributed by atoms with van der Waals surface area (Å²) in [6.45, 7) is 8.16. The molecule has 0 fully saturated rings. The summed E-state index contributed by atoms with van der Waals surface area (Å²) in [4.78, 5) is 6.28. The molecule has 1 rings (SSSR count). The van der Waals surface area contributed by atoms with E-state index in [0.717, 1.165) is 31.6 Å². The number of pyridine rings is 1. The molecule has 0 aliphatic carbocycles. The number of nitrogens with one attached hydrogen (secondary N) is 2. The van der Waals surface area contributed by atoms with Crippen LogP contribution in [0.4, 0.5) is 0 Å². The highest BCUT2D eigenvalue weighted by Gasteiger charge is 2.14. The quantitative estimate of drug-likeness (QED) is 0.625. The monoisotopic (exact) mass is 314 g/mol. The van der Waals surface area contributed by atoms with Crippen LogP contribution in [0.3, 0.4) is 0 Å². The highest BCUT2D eigenvalue weighted by Crippen LogP contribution is 2.06. The van der Waals surface area contributed by atoms with Crippen LogP contribution in [0.1, 0.15) is 25.8 Å². The number of hydrogen-bond donors (Lipinski definition) is 2. The average Bonchev–Trinajstić information content (AvgIpc) is 2.48. The van der Waals surface area contributed by atoms with Gasteiger partial charge in [0.05, 0.1) is 0 Å². The summed E-state index contributed by atoms with van der Waals surface area (Å²) in [6.07, 6.45) is 2.37. The highest BCUT2D eigenvalue weighted by atomic mass is 32.2. The van der Waals surface area contributed by atoms with Gasteiger partial charge in [-0.2, -0.15) is 0 Å². The third-order valence-electron chi connectivity index (χ3n) is 3.29. The van der Waals surface area contributed by atoms with Gasteiger partial charge in [0.25, 0.3) is 10.0 Å². The molecule has 0 spiro atoms. The van der Waals surface area contributed by atoms with Crippen molar-refractivity contribution in [1.82, 2.24) is 19.9 Å². The molecule has 21 heavy (non-hydrogen) atoms. The Hall–Kier alpha value is -1.02. The molecule has 6 nitrogen and oxygen atoms in total. The zero-order valence-corrected chi connectivity index (χ0v) is 13.9. The van der Waals surface area contributed by atoms with Crippen molar-refractivity contribution < 1.29 is 8.42 Å². The molecule has 2 N–H and O–H groups in total. The molecule has 0 aromatic carbocycles. The number of sulfonamides is 1. The number of aromatic nitrogens is 1. The molecule has 0 radical (unpaired) electrons. The first-order valence-electron chi connectivity index (χ1n) is 7.35. The Morgan fingerprint density at radius 3 is 2.48 bits per heavy atom. The van der Waals surface area contributed by atoms with Crippen LogP contribution in [0, 0.1) is 0 Å². The minimum absolute atomic E-state index is 0.0743. The fourth-order valence-corrected chi connectivity index (χ4v) is 3.00. The van der Waals surface area contributed by atoms with Gasteiger partial charge in [-0.15, -0.1) is 0 Å². The lowest BCUT2D eigenvalue weighted by molar-refractivity contribution is 0.300. The van der Waals surface area contributed by atoms with E-state index in [1.807, 2.05) is 7.05 Å². The molecule has 0 bridgehead atoms. The number of nitrogens with zero attached hydrogens (tertiary/aromatic N) is 2. The summed E-state index contributed by atoms with van der Waals surface area (Å²) in [7, 11) is -1.67. The molecule has 7 heteroatoms. The first kappa shape index (κ1) is 18.0. The fraction of sp³-hybridized carbons (Fsp3) is 0.643. The van der Waals surface area contributed by atoms with Gasteiger partial charge in [0, 0.05) is 19.3 Å². The maximum atomic E-state index is 12.1. The van der Waals surface area contributed by atoms with Crippen LogP contribution in [0.15, 0.2) is 23.4 Å². The Kier molecular flexibility index (Phi) is 7.81. The van der Waals surface area contributed by atoms with Crippen molar-refractivity contribution in [2.45, 2.75) is 31.8 Å². The van der Waals surface area contributed by atoms with Crippen molar-refractivity contribution in [2.24, 2.45) is 0 Å². The third-order valence-corrected chi connectivity index (χ3v) is 4.67. The van der Waals surface area contributed by atoms with Crippen molar-refractivity contribution in [3.63, 3.8) is 0 Å². The zero-order valence-electron chi connectivity index (χ0n) is 13.1. The summed E-state index contributed by atoms with van der Waals surface area (Å²) in [6, 6.07) is 3.31. The minimum atomic E-state index is -3.50. The van der Waals surface area contributed by atoms with E-state index in [1.54, 1.807) is 18.3 Å². The second-order valence-electron chi connectivity index (χ2n) is 4.81. The van der Waals surface area contributed by atoms with E-state index in [1.165, 1.54) is 0 Å². The molecular formula is C14H26N4O2S. The van der Waals surface area contributed by atoms with Crippen molar-refractivity contribution in [1.29, 1.82) is 0 Å². The summed E-state index contributed by atoms with van der Waals surface area (Å²) >= 11 is 0. The van der Waals surface area contributed by atoms with Crippen LogP contribution in [0.25, 0.3) is 0 Å². The van der Waals surface area contributed by atoms with Crippen LogP contribution in [-0.2, 0) is 16.6 Å². The predicted molar refractivity (Wildman–Crippen MR) is 84.6 cm³/mol. The van der Waals surface area contributed by atoms with Gasteiger partial charge in [-0.25, -0.2) is 18.1 Å². The Labute approximate surface area is 128 Å². The fourth-order valence-electron chi connectivity index (χ4n) is 2.00. The molecule has 1 aromatic rings. The van der Waals surface area contributed by atoms with E-state index >= 15 is 0 Å². The van der Waals surface area contributed by atoms with Crippen molar-refractivity contribution in [3.8, 4) is 0 Å². The molecule has 1 heterocycles. The molecule has 0 atom stereocenters. The van der Waals surface area contributed by atoms with Gasteiger partial charge in [0.15, 0.2) is 5.03 Å². The van der Waals surface area contributed by atoms with Crippen molar-refractivity contribution in [2.75, 3.05) is 33.2 Å². The lowest BCUT2D eigenvalue weighted by atomic mass is 10.3. The molecule has 0 saturated carbocycles. The molecule has 120 valence electrons. The molecule has 0 amide bonds. The van der Waals surface area contributed by atoms with Crippen LogP contribution in [0.2, 0.25) is 0 Å². The molecule has 0 aliphatic heterocycles. The van der Waals surface area contributed by atoms with Gasteiger partial charge in [0.1, 0.15) is 0 Å². The molecule has 0 unspecified atom stereocenters. The largest absolute Gasteiger partial charge is 0.316 e. The number of hydrogen-bond acceptors (Lipinski definition) is 5. The van der Waals surface area contributed by atoms with E-state index in [4.69, 9.17) is 0 Å². The summed E-state index contributed by atoms with van der Waals surface area (Å²) in [5, 5.41) is 3.07. The van der Waals surface area contributed by atoms with E-state index < -0.39 is 10.0 Å². The second-order valence-corrected chi connectivity index (χ2v) is 6.53. The predicted octanol–water partition coefficient (Wildman–Crippen LogP) is 0.811. The first-order valence-corrected chi connectivity index (χ1v) is 8.83. The molecule has 1 aromatic heterocycles. The van der Waals surface area contributed by atoms with Crippen LogP contribution < -0.4 is 10.0 Å². The summed E-state index contributed by atoms with van der Waals surface area (Å²) < 4.78 is 26.8. The van der Waals surface area contributed by atoms with Crippen LogP contribution in [-0.4, -0.2) is 51.5 Å². The lowest BCUT2D eigenvalue weighted by Crippen LogP contribution is -2.30. The Morgan fingerprint density at radius 1 is 1.24 bits per heavy atom. The average molecular weight is 314 g/mol. The van der Waals surface area contributed by atoms with Crippen LogP contribution >= 0.6 is 0 Å². The van der Waals surface area contributed by atoms with Gasteiger partial charge in [0.2, 0.25) is 0 Å². The molecule has 0 aliphatic rings. The van der Waals surface area contributed by atoms with E-state index in [0.29, 0.717) is 13.1 Å². The van der Waals surface area contributed by atoms with Gasteiger partial charge in [-0.3, -0.25) is 0 Å². The Bertz CT molecular complexity index is 498. The standard InChI is InChI=1S/C14H26N4O2S/c1-4-18(5-2)10-6-9-17-21(19,20)14-8-7-13(11-15-3)12-16-14/h7-8,12,15,17H,4-6,9-11H2,1-3H3. The number of rotatable bonds is 10. The zero-order chi connectivity index (χ0) is 15.7. The smallest absolute Gasteiger partial charge is 0.258 e. The minimum Gasteiger partial charge on any atom is -0.316 e. The second kappa shape index (κ2) is 9.09. The van der Waals surface area contributed by atoms with E-state index in [2.05, 4.69) is 33.8 Å². The van der Waals surface area contributed by atoms with Crippen molar-refractivity contribution in [3.05, 3.63) is 23.9 Å². The SMILES string of the molecule is CCN(CC)CCCNS(=O)(=O)c1ccc(CNC)cn1. The summed E-state index contributed by atoms with van der Waals surface area (Å²) in [5.41, 5.74) is 0.956. The maximum Gasteiger partial charge on any atom is 0.258 e. The maximum absolute atomic E-state index is 12.1. The van der Waals surface area contributed by atoms with Gasteiger partial charge in [-0.05, 0) is 44.7 Å². The van der Waals surface area contributed by atoms with E-state index in [-0.39, 0.29) is 5.03 Å². The molecule has 0 saturated heterocycles. The third kappa shape index (κ3) is 6.09. The van der Waals surface area contributed by atoms with Crippen LogP contribution in [0.5, 0.6) is 0 Å².